The van der Waals surface area contributed by atoms with Crippen LogP contribution in [0.4, 0.5) is 0 Å². The second-order valence-electron chi connectivity index (χ2n) is 7.65. The summed E-state index contributed by atoms with van der Waals surface area (Å²) in [6.45, 7) is 4.53. The van der Waals surface area contributed by atoms with Crippen LogP contribution in [0, 0.1) is 0 Å². The number of rotatable bonds is 5. The van der Waals surface area contributed by atoms with Gasteiger partial charge in [-0.3, -0.25) is 0 Å². The average molecular weight is 457 g/mol. The molecule has 1 unspecified atom stereocenters. The maximum atomic E-state index is 13.2. The van der Waals surface area contributed by atoms with Gasteiger partial charge in [-0.2, -0.15) is 0 Å². The van der Waals surface area contributed by atoms with Gasteiger partial charge in [-0.15, -0.1) is 0 Å². The van der Waals surface area contributed by atoms with Crippen LogP contribution >= 0.6 is 0 Å². The van der Waals surface area contributed by atoms with E-state index in [1.165, 1.54) is 7.11 Å². The first kappa shape index (κ1) is 19.7. The molecule has 2 aromatic carbocycles. The van der Waals surface area contributed by atoms with E-state index < -0.39 is 12.0 Å². The maximum absolute atomic E-state index is 13.2. The topological polar surface area (TPSA) is 69.9 Å². The molecule has 2 heterocycles. The number of ether oxygens (including phenoxy) is 2. The van der Waals surface area contributed by atoms with E-state index in [9.17, 15) is 9.59 Å². The molecule has 150 valence electrons. The Balaban J connectivity index is 1.83. The Morgan fingerprint density at radius 2 is 2.00 bits per heavy atom. The first-order valence-electron chi connectivity index (χ1n) is 9.39. The molecular weight excluding hydrogens is 435 g/mol. The quantitative estimate of drug-likeness (QED) is 0.436. The number of carbonyl (C=O) groups excluding carboxylic acids is 1. The van der Waals surface area contributed by atoms with Crippen molar-refractivity contribution in [1.29, 1.82) is 0 Å². The van der Waals surface area contributed by atoms with Crippen molar-refractivity contribution in [2.45, 2.75) is 31.8 Å². The van der Waals surface area contributed by atoms with Crippen LogP contribution in [0.25, 0.3) is 9.65 Å². The third-order valence-electron chi connectivity index (χ3n) is 4.86. The van der Waals surface area contributed by atoms with Crippen molar-refractivity contribution < 1.29 is 14.3 Å². The van der Waals surface area contributed by atoms with Crippen LogP contribution in [0.5, 0.6) is 0 Å². The molecule has 1 aromatic heterocycles. The molecule has 1 aliphatic rings. The van der Waals surface area contributed by atoms with Crippen molar-refractivity contribution >= 4 is 36.2 Å². The van der Waals surface area contributed by atoms with E-state index in [0.717, 1.165) is 15.4 Å². The molecule has 0 saturated carbocycles. The third-order valence-corrected chi connectivity index (χ3v) is 7.46. The third kappa shape index (κ3) is 3.80. The number of benzene rings is 2. The summed E-state index contributed by atoms with van der Waals surface area (Å²) in [6, 6.07) is 14.6. The Morgan fingerprint density at radius 1 is 1.24 bits per heavy atom. The van der Waals surface area contributed by atoms with E-state index in [4.69, 9.17) is 9.47 Å². The van der Waals surface area contributed by atoms with E-state index in [1.54, 1.807) is 9.63 Å². The number of hydrogen-bond donors (Lipinski definition) is 0. The van der Waals surface area contributed by atoms with Crippen LogP contribution in [0.3, 0.4) is 0 Å². The zero-order valence-electron chi connectivity index (χ0n) is 16.5. The van der Waals surface area contributed by atoms with Crippen molar-refractivity contribution in [2.24, 2.45) is 4.99 Å². The van der Waals surface area contributed by atoms with Gasteiger partial charge in [0, 0.05) is 0 Å². The zero-order chi connectivity index (χ0) is 20.6. The van der Waals surface area contributed by atoms with Gasteiger partial charge in [0.25, 0.3) is 0 Å². The van der Waals surface area contributed by atoms with Gasteiger partial charge in [-0.25, -0.2) is 0 Å². The normalized spacial score (nSPS) is 16.3. The predicted molar refractivity (Wildman–Crippen MR) is 113 cm³/mol. The molecule has 0 bridgehead atoms. The van der Waals surface area contributed by atoms with E-state index in [0.29, 0.717) is 24.3 Å². The molecule has 1 atom stereocenters. The number of fused-ring (bicyclic) bond motifs is 1. The van der Waals surface area contributed by atoms with Gasteiger partial charge in [-0.1, -0.05) is 0 Å². The molecule has 0 radical (unpaired) electrons. The van der Waals surface area contributed by atoms with Crippen LogP contribution in [-0.4, -0.2) is 49.4 Å². The van der Waals surface area contributed by atoms with Gasteiger partial charge < -0.3 is 0 Å². The molecule has 0 fully saturated rings. The fraction of sp³-hybridized carbons (Fsp3) is 0.318. The Morgan fingerprint density at radius 3 is 2.66 bits per heavy atom. The minimum atomic E-state index is -0.668. The van der Waals surface area contributed by atoms with Gasteiger partial charge in [0.2, 0.25) is 0 Å². The number of carbonyl (C=O) groups is 1. The second-order valence-corrected chi connectivity index (χ2v) is 9.72. The molecule has 3 aromatic rings. The Labute approximate surface area is 174 Å². The summed E-state index contributed by atoms with van der Waals surface area (Å²) in [7, 11) is 1.36. The zero-order valence-corrected chi connectivity index (χ0v) is 18.3. The summed E-state index contributed by atoms with van der Waals surface area (Å²) in [6.07, 6.45) is 0.412. The molecule has 0 amide bonds. The van der Waals surface area contributed by atoms with Gasteiger partial charge in [0.05, 0.1) is 0 Å². The van der Waals surface area contributed by atoms with E-state index in [1.807, 2.05) is 56.3 Å². The summed E-state index contributed by atoms with van der Waals surface area (Å²) < 4.78 is 13.4. The molecule has 0 N–H and O–H groups in total. The summed E-state index contributed by atoms with van der Waals surface area (Å²) in [5, 5.41) is 0.612. The SMILES string of the molecule is COC(=O)C(Cc1ccccc1)n1[se]c2c(C3=NC(C)(C)CO3)cccc2c1=O. The summed E-state index contributed by atoms with van der Waals surface area (Å²) in [4.78, 5) is 30.4. The molecule has 0 aliphatic carbocycles. The molecule has 7 heteroatoms. The Hall–Kier alpha value is -2.63. The van der Waals surface area contributed by atoms with Crippen molar-refractivity contribution in [2.75, 3.05) is 13.7 Å². The van der Waals surface area contributed by atoms with E-state index in [2.05, 4.69) is 4.99 Å². The van der Waals surface area contributed by atoms with Crippen LogP contribution in [-0.2, 0) is 20.7 Å². The number of nitrogens with zero attached hydrogens (tertiary/aromatic N) is 2. The summed E-state index contributed by atoms with van der Waals surface area (Å²) in [5.41, 5.74) is 1.39. The van der Waals surface area contributed by atoms with E-state index in [-0.39, 0.29) is 25.8 Å². The number of methoxy groups -OCH3 is 1. The standard InChI is InChI=1S/C22H22N2O4Se/c1-22(2)13-28-19(23-22)15-10-7-11-16-18(15)29-24(20(16)25)17(21(26)27-3)12-14-8-5-4-6-9-14/h4-11,17H,12-13H2,1-3H3. The summed E-state index contributed by atoms with van der Waals surface area (Å²) in [5.74, 6) is 0.162. The van der Waals surface area contributed by atoms with Gasteiger partial charge in [0.15, 0.2) is 0 Å². The molecule has 29 heavy (non-hydrogen) atoms. The van der Waals surface area contributed by atoms with Crippen LogP contribution in [0.1, 0.15) is 31.0 Å². The van der Waals surface area contributed by atoms with Crippen molar-refractivity contribution in [3.8, 4) is 0 Å². The molecule has 1 aliphatic heterocycles. The van der Waals surface area contributed by atoms with Crippen LogP contribution in [0.2, 0.25) is 0 Å². The fourth-order valence-electron chi connectivity index (χ4n) is 3.39. The second kappa shape index (κ2) is 7.65. The van der Waals surface area contributed by atoms with Crippen LogP contribution in [0.15, 0.2) is 58.3 Å². The number of hydrogen-bond acceptors (Lipinski definition) is 5. The molecular formula is C22H22N2O4Se. The Bertz CT molecular complexity index is 1140. The van der Waals surface area contributed by atoms with E-state index >= 15 is 0 Å². The number of aromatic nitrogens is 1. The van der Waals surface area contributed by atoms with Crippen molar-refractivity contribution in [3.05, 3.63) is 70.0 Å². The first-order chi connectivity index (χ1) is 13.9. The first-order valence-corrected chi connectivity index (χ1v) is 11.0. The number of esters is 1. The fourth-order valence-corrected chi connectivity index (χ4v) is 5.86. The Kier molecular flexibility index (Phi) is 5.19. The monoisotopic (exact) mass is 458 g/mol. The molecule has 0 spiro atoms. The van der Waals surface area contributed by atoms with Crippen molar-refractivity contribution in [3.63, 3.8) is 0 Å². The van der Waals surface area contributed by atoms with Gasteiger partial charge >= 0.3 is 175 Å². The molecule has 6 nitrogen and oxygen atoms in total. The van der Waals surface area contributed by atoms with Crippen LogP contribution < -0.4 is 5.56 Å². The predicted octanol–water partition coefficient (Wildman–Crippen LogP) is 2.57. The summed E-state index contributed by atoms with van der Waals surface area (Å²) >= 11 is -0.380. The van der Waals surface area contributed by atoms with Gasteiger partial charge in [0.1, 0.15) is 0 Å². The average Bonchev–Trinajstić information content (AvgIpc) is 3.25. The van der Waals surface area contributed by atoms with Gasteiger partial charge in [-0.05, 0) is 0 Å². The van der Waals surface area contributed by atoms with Crippen molar-refractivity contribution in [1.82, 2.24) is 3.56 Å². The minimum absolute atomic E-state index is 0.147. The number of aliphatic imine (C=N–C) groups is 1. The molecule has 4 rings (SSSR count). The molecule has 0 saturated heterocycles.